The summed E-state index contributed by atoms with van der Waals surface area (Å²) in [6, 6.07) is 2.48. The average molecular weight is 448 g/mol. The number of rotatable bonds is 7. The number of hydrogen-bond acceptors (Lipinski definition) is 5. The number of carbonyl (C=O) groups is 1. The van der Waals surface area contributed by atoms with Gasteiger partial charge in [-0.15, -0.1) is 0 Å². The van der Waals surface area contributed by atoms with Crippen LogP contribution in [0.5, 0.6) is 0 Å². The summed E-state index contributed by atoms with van der Waals surface area (Å²) in [5, 5.41) is 3.89. The maximum absolute atomic E-state index is 12.9. The predicted octanol–water partition coefficient (Wildman–Crippen LogP) is 3.80. The third kappa shape index (κ3) is 5.05. The number of aryl methyl sites for hydroxylation is 2. The first kappa shape index (κ1) is 22.7. The van der Waals surface area contributed by atoms with Crippen molar-refractivity contribution in [3.05, 3.63) is 44.8 Å². The Morgan fingerprint density at radius 1 is 1.25 bits per heavy atom. The Balaban J connectivity index is 2.36. The van der Waals surface area contributed by atoms with Gasteiger partial charge in [-0.3, -0.25) is 4.79 Å². The summed E-state index contributed by atoms with van der Waals surface area (Å²) in [6.07, 6.45) is 0. The van der Waals surface area contributed by atoms with E-state index in [9.17, 15) is 13.2 Å². The zero-order valence-corrected chi connectivity index (χ0v) is 18.7. The molecule has 0 bridgehead atoms. The van der Waals surface area contributed by atoms with Crippen molar-refractivity contribution >= 4 is 39.1 Å². The summed E-state index contributed by atoms with van der Waals surface area (Å²) in [5.41, 5.74) is 1.51. The molecule has 0 aliphatic heterocycles. The van der Waals surface area contributed by atoms with E-state index < -0.39 is 15.9 Å². The van der Waals surface area contributed by atoms with Crippen molar-refractivity contribution in [1.29, 1.82) is 0 Å². The molecule has 1 aromatic heterocycles. The summed E-state index contributed by atoms with van der Waals surface area (Å²) in [7, 11) is -2.30. The first-order chi connectivity index (χ1) is 12.9. The van der Waals surface area contributed by atoms with Gasteiger partial charge in [-0.1, -0.05) is 42.2 Å². The number of carbonyl (C=O) groups excluding carboxylic acids is 1. The molecule has 0 fully saturated rings. The van der Waals surface area contributed by atoms with Crippen molar-refractivity contribution in [1.82, 2.24) is 14.8 Å². The highest BCUT2D eigenvalue weighted by atomic mass is 35.5. The van der Waals surface area contributed by atoms with Crippen molar-refractivity contribution in [2.24, 2.45) is 5.92 Å². The van der Waals surface area contributed by atoms with Gasteiger partial charge in [0.25, 0.3) is 5.91 Å². The molecule has 1 aromatic carbocycles. The second-order valence-electron chi connectivity index (χ2n) is 6.97. The maximum Gasteiger partial charge on any atom is 0.255 e. The van der Waals surface area contributed by atoms with Crippen LogP contribution in [0.2, 0.25) is 10.0 Å². The van der Waals surface area contributed by atoms with Gasteiger partial charge in [-0.2, -0.15) is 0 Å². The quantitative estimate of drug-likeness (QED) is 0.696. The number of aromatic nitrogens is 1. The van der Waals surface area contributed by atoms with Crippen LogP contribution in [0.3, 0.4) is 0 Å². The van der Waals surface area contributed by atoms with Crippen LogP contribution < -0.4 is 4.72 Å². The molecular formula is C18H23Cl2N3O4S. The normalized spacial score (nSPS) is 11.9. The van der Waals surface area contributed by atoms with Crippen LogP contribution in [0, 0.1) is 19.8 Å². The van der Waals surface area contributed by atoms with Crippen molar-refractivity contribution < 1.29 is 17.7 Å². The fourth-order valence-corrected chi connectivity index (χ4v) is 4.56. The van der Waals surface area contributed by atoms with Gasteiger partial charge in [-0.05, 0) is 31.9 Å². The van der Waals surface area contributed by atoms with E-state index in [1.807, 2.05) is 13.8 Å². The molecule has 0 radical (unpaired) electrons. The van der Waals surface area contributed by atoms with Gasteiger partial charge >= 0.3 is 0 Å². The molecule has 7 nitrogen and oxygen atoms in total. The smallest absolute Gasteiger partial charge is 0.255 e. The lowest BCUT2D eigenvalue weighted by Crippen LogP contribution is -2.29. The minimum atomic E-state index is -3.88. The van der Waals surface area contributed by atoms with Crippen molar-refractivity contribution in [2.75, 3.05) is 13.6 Å². The second kappa shape index (κ2) is 8.82. The number of nitrogens with zero attached hydrogens (tertiary/aromatic N) is 2. The number of nitrogens with one attached hydrogen (secondary N) is 1. The topological polar surface area (TPSA) is 92.5 Å². The van der Waals surface area contributed by atoms with Gasteiger partial charge in [0.05, 0.1) is 27.8 Å². The Hall–Kier alpha value is -1.61. The number of halogens is 2. The Labute approximate surface area is 175 Å². The fraction of sp³-hybridized carbons (Fsp3) is 0.444. The Morgan fingerprint density at radius 2 is 1.89 bits per heavy atom. The Kier molecular flexibility index (Phi) is 7.14. The summed E-state index contributed by atoms with van der Waals surface area (Å²) < 4.78 is 32.7. The van der Waals surface area contributed by atoms with E-state index in [0.717, 1.165) is 5.56 Å². The second-order valence-corrected chi connectivity index (χ2v) is 9.52. The van der Waals surface area contributed by atoms with E-state index in [1.54, 1.807) is 20.9 Å². The van der Waals surface area contributed by atoms with Gasteiger partial charge in [0.15, 0.2) is 0 Å². The lowest BCUT2D eigenvalue weighted by atomic mass is 10.1. The van der Waals surface area contributed by atoms with E-state index in [1.165, 1.54) is 17.0 Å². The molecule has 0 saturated carbocycles. The molecule has 0 aliphatic carbocycles. The fourth-order valence-electron chi connectivity index (χ4n) is 2.50. The largest absolute Gasteiger partial charge is 0.361 e. The molecule has 0 saturated heterocycles. The van der Waals surface area contributed by atoms with E-state index in [0.29, 0.717) is 11.5 Å². The third-order valence-corrected chi connectivity index (χ3v) is 6.35. The lowest BCUT2D eigenvalue weighted by molar-refractivity contribution is 0.0784. The summed E-state index contributed by atoms with van der Waals surface area (Å²) in [6.45, 7) is 7.79. The average Bonchev–Trinajstić information content (AvgIpc) is 2.91. The van der Waals surface area contributed by atoms with E-state index in [2.05, 4.69) is 9.88 Å². The van der Waals surface area contributed by atoms with Crippen LogP contribution in [0.25, 0.3) is 0 Å². The molecule has 10 heteroatoms. The van der Waals surface area contributed by atoms with E-state index >= 15 is 0 Å². The first-order valence-corrected chi connectivity index (χ1v) is 10.8. The Morgan fingerprint density at radius 3 is 2.43 bits per heavy atom. The van der Waals surface area contributed by atoms with Gasteiger partial charge in [0.2, 0.25) is 10.0 Å². The molecule has 2 rings (SSSR count). The molecular weight excluding hydrogens is 425 g/mol. The van der Waals surface area contributed by atoms with Crippen LogP contribution in [0.1, 0.15) is 41.2 Å². The minimum absolute atomic E-state index is 0.0465. The number of sulfonamides is 1. The monoisotopic (exact) mass is 447 g/mol. The summed E-state index contributed by atoms with van der Waals surface area (Å²) in [5.74, 6) is 0.283. The molecule has 0 aliphatic rings. The molecule has 0 spiro atoms. The van der Waals surface area contributed by atoms with Gasteiger partial charge < -0.3 is 9.42 Å². The van der Waals surface area contributed by atoms with E-state index in [-0.39, 0.29) is 39.5 Å². The number of hydrogen-bond donors (Lipinski definition) is 1. The van der Waals surface area contributed by atoms with Crippen molar-refractivity contribution in [2.45, 2.75) is 39.1 Å². The lowest BCUT2D eigenvalue weighted by Gasteiger charge is -2.19. The molecule has 0 atom stereocenters. The van der Waals surface area contributed by atoms with Gasteiger partial charge in [-0.25, -0.2) is 13.1 Å². The van der Waals surface area contributed by atoms with Crippen molar-refractivity contribution in [3.63, 3.8) is 0 Å². The standard InChI is InChI=1S/C18H23Cl2N3O4S/c1-10(2)8-21-28(25,26)17-6-13(15(19)7-16(17)20)18(24)23(5)9-14-11(3)22-27-12(14)4/h6-7,10,21H,8-9H2,1-5H3. The predicted molar refractivity (Wildman–Crippen MR) is 108 cm³/mol. The van der Waals surface area contributed by atoms with Crippen molar-refractivity contribution in [3.8, 4) is 0 Å². The zero-order chi connectivity index (χ0) is 21.2. The molecule has 154 valence electrons. The maximum atomic E-state index is 12.9. The summed E-state index contributed by atoms with van der Waals surface area (Å²) >= 11 is 12.3. The SMILES string of the molecule is Cc1noc(C)c1CN(C)C(=O)c1cc(S(=O)(=O)NCC(C)C)c(Cl)cc1Cl. The molecule has 28 heavy (non-hydrogen) atoms. The van der Waals surface area contributed by atoms with Crippen LogP contribution in [0.4, 0.5) is 0 Å². The molecule has 0 unspecified atom stereocenters. The van der Waals surface area contributed by atoms with Gasteiger partial charge in [0.1, 0.15) is 10.7 Å². The first-order valence-electron chi connectivity index (χ1n) is 8.60. The molecule has 2 aromatic rings. The van der Waals surface area contributed by atoms with Crippen LogP contribution in [-0.2, 0) is 16.6 Å². The summed E-state index contributed by atoms with van der Waals surface area (Å²) in [4.78, 5) is 14.1. The number of benzene rings is 1. The van der Waals surface area contributed by atoms with Crippen LogP contribution in [0.15, 0.2) is 21.6 Å². The highest BCUT2D eigenvalue weighted by Gasteiger charge is 2.25. The van der Waals surface area contributed by atoms with E-state index in [4.69, 9.17) is 27.7 Å². The van der Waals surface area contributed by atoms with Crippen LogP contribution in [-0.4, -0.2) is 38.0 Å². The highest BCUT2D eigenvalue weighted by Crippen LogP contribution is 2.30. The Bertz CT molecular complexity index is 967. The van der Waals surface area contributed by atoms with Crippen LogP contribution >= 0.6 is 23.2 Å². The molecule has 1 heterocycles. The minimum Gasteiger partial charge on any atom is -0.361 e. The zero-order valence-electron chi connectivity index (χ0n) is 16.3. The highest BCUT2D eigenvalue weighted by molar-refractivity contribution is 7.89. The molecule has 1 N–H and O–H groups in total. The third-order valence-electron chi connectivity index (χ3n) is 4.15. The van der Waals surface area contributed by atoms with Gasteiger partial charge in [0, 0.05) is 19.2 Å². The number of amides is 1. The molecule has 1 amide bonds.